The largest absolute Gasteiger partial charge is 0.308 e. The number of nitrogens with zero attached hydrogens (tertiary/aromatic N) is 2. The van der Waals surface area contributed by atoms with Gasteiger partial charge in [-0.1, -0.05) is 196 Å². The monoisotopic (exact) mass is 756 g/mol. The number of benzene rings is 9. The lowest BCUT2D eigenvalue weighted by Gasteiger charge is -2.27. The lowest BCUT2D eigenvalue weighted by Crippen LogP contribution is -2.18. The van der Waals surface area contributed by atoms with Gasteiger partial charge in [0, 0.05) is 33.2 Å². The summed E-state index contributed by atoms with van der Waals surface area (Å²) >= 11 is 0. The second-order valence-electron chi connectivity index (χ2n) is 15.8. The van der Waals surface area contributed by atoms with Gasteiger partial charge in [0.2, 0.25) is 0 Å². The topological polar surface area (TPSA) is 8.17 Å². The first-order chi connectivity index (χ1) is 29.0. The van der Waals surface area contributed by atoms with Crippen LogP contribution in [0.1, 0.15) is 25.0 Å². The molecule has 0 atom stereocenters. The van der Waals surface area contributed by atoms with Crippen molar-refractivity contribution in [2.24, 2.45) is 0 Å². The van der Waals surface area contributed by atoms with Crippen LogP contribution < -0.4 is 4.90 Å². The maximum Gasteiger partial charge on any atom is 0.0782 e. The minimum Gasteiger partial charge on any atom is -0.308 e. The maximum absolute atomic E-state index is 2.46. The van der Waals surface area contributed by atoms with E-state index in [0.717, 1.165) is 28.3 Å². The molecule has 9 aromatic carbocycles. The van der Waals surface area contributed by atoms with Crippen molar-refractivity contribution < 1.29 is 0 Å². The van der Waals surface area contributed by atoms with Crippen LogP contribution in [-0.2, 0) is 5.41 Å². The van der Waals surface area contributed by atoms with Crippen LogP contribution in [0.3, 0.4) is 0 Å². The van der Waals surface area contributed by atoms with E-state index in [9.17, 15) is 0 Å². The number of hydrogen-bond donors (Lipinski definition) is 0. The third-order valence-electron chi connectivity index (χ3n) is 11.9. The second kappa shape index (κ2) is 15.2. The minimum atomic E-state index is -0.101. The number of aromatic nitrogens is 1. The fraction of sp³-hybridized carbons (Fsp3) is 0.0526. The van der Waals surface area contributed by atoms with Crippen molar-refractivity contribution in [2.75, 3.05) is 4.90 Å². The van der Waals surface area contributed by atoms with Crippen LogP contribution in [0.25, 0.3) is 60.9 Å². The smallest absolute Gasteiger partial charge is 0.0782 e. The molecule has 0 radical (unpaired) electrons. The SMILES string of the molecule is CC(C)(c1ccccc1)c1ccc(-c2cccc(-n3c4ccccc4c4cccc(N(c5ccc(-c6ccccc6)cc5)c5ccc(-c6ccccc6)cc5)c43)c2)cc1. The van der Waals surface area contributed by atoms with Crippen LogP contribution in [0.4, 0.5) is 17.1 Å². The van der Waals surface area contributed by atoms with Gasteiger partial charge in [0.25, 0.3) is 0 Å². The van der Waals surface area contributed by atoms with E-state index < -0.39 is 0 Å². The highest BCUT2D eigenvalue weighted by Gasteiger charge is 2.24. The van der Waals surface area contributed by atoms with Gasteiger partial charge in [0.15, 0.2) is 0 Å². The lowest BCUT2D eigenvalue weighted by atomic mass is 9.78. The molecular formula is C57H44N2. The molecule has 0 aliphatic rings. The highest BCUT2D eigenvalue weighted by Crippen LogP contribution is 2.44. The summed E-state index contributed by atoms with van der Waals surface area (Å²) in [5, 5.41) is 2.43. The Morgan fingerprint density at radius 1 is 0.356 bits per heavy atom. The van der Waals surface area contributed by atoms with E-state index in [1.165, 1.54) is 60.8 Å². The molecule has 0 unspecified atom stereocenters. The highest BCUT2D eigenvalue weighted by atomic mass is 15.2. The fourth-order valence-corrected chi connectivity index (χ4v) is 8.67. The van der Waals surface area contributed by atoms with Gasteiger partial charge in [-0.05, 0) is 93.0 Å². The van der Waals surface area contributed by atoms with Crippen molar-refractivity contribution in [3.63, 3.8) is 0 Å². The maximum atomic E-state index is 2.46. The van der Waals surface area contributed by atoms with Gasteiger partial charge < -0.3 is 9.47 Å². The van der Waals surface area contributed by atoms with Crippen molar-refractivity contribution in [3.8, 4) is 39.1 Å². The van der Waals surface area contributed by atoms with Crippen LogP contribution in [0.15, 0.2) is 231 Å². The number of anilines is 3. The molecular weight excluding hydrogens is 713 g/mol. The average molecular weight is 757 g/mol. The van der Waals surface area contributed by atoms with Crippen LogP contribution in [0, 0.1) is 0 Å². The number of hydrogen-bond acceptors (Lipinski definition) is 1. The Morgan fingerprint density at radius 2 is 0.797 bits per heavy atom. The molecule has 0 amide bonds. The normalized spacial score (nSPS) is 11.6. The van der Waals surface area contributed by atoms with E-state index in [4.69, 9.17) is 0 Å². The van der Waals surface area contributed by atoms with Crippen molar-refractivity contribution in [2.45, 2.75) is 19.3 Å². The summed E-state index contributed by atoms with van der Waals surface area (Å²) in [5.74, 6) is 0. The molecule has 2 nitrogen and oxygen atoms in total. The Morgan fingerprint density at radius 3 is 1.41 bits per heavy atom. The van der Waals surface area contributed by atoms with Gasteiger partial charge in [-0.25, -0.2) is 0 Å². The summed E-state index contributed by atoms with van der Waals surface area (Å²) in [6.07, 6.45) is 0. The molecule has 10 aromatic rings. The van der Waals surface area contributed by atoms with Gasteiger partial charge in [-0.15, -0.1) is 0 Å². The molecule has 2 heteroatoms. The van der Waals surface area contributed by atoms with Gasteiger partial charge in [0.05, 0.1) is 16.7 Å². The molecule has 0 fully saturated rings. The van der Waals surface area contributed by atoms with E-state index >= 15 is 0 Å². The molecule has 0 N–H and O–H groups in total. The summed E-state index contributed by atoms with van der Waals surface area (Å²) in [6.45, 7) is 4.60. The molecule has 1 heterocycles. The third kappa shape index (κ3) is 6.69. The van der Waals surface area contributed by atoms with Crippen LogP contribution in [0.2, 0.25) is 0 Å². The van der Waals surface area contributed by atoms with Crippen molar-refractivity contribution in [1.29, 1.82) is 0 Å². The van der Waals surface area contributed by atoms with Crippen LogP contribution >= 0.6 is 0 Å². The predicted octanol–water partition coefficient (Wildman–Crippen LogP) is 15.6. The van der Waals surface area contributed by atoms with Crippen LogP contribution in [0.5, 0.6) is 0 Å². The standard InChI is InChI=1S/C57H44N2/c1-57(2,47-21-10-5-11-22-47)48-34-28-45(29-35-48)46-20-14-23-51(40-46)59-54-26-13-12-24-52(54)53-25-15-27-55(56(53)59)58(49-36-30-43(31-37-49)41-16-6-3-7-17-41)50-38-32-44(33-39-50)42-18-8-4-9-19-42/h3-40H,1-2H3. The summed E-state index contributed by atoms with van der Waals surface area (Å²) in [5.41, 5.74) is 16.4. The van der Waals surface area contributed by atoms with Gasteiger partial charge in [-0.3, -0.25) is 0 Å². The number of fused-ring (bicyclic) bond motifs is 3. The molecule has 0 bridgehead atoms. The molecule has 0 saturated carbocycles. The zero-order chi connectivity index (χ0) is 39.8. The summed E-state index contributed by atoms with van der Waals surface area (Å²) < 4.78 is 2.46. The number of para-hydroxylation sites is 2. The Balaban J connectivity index is 1.13. The van der Waals surface area contributed by atoms with E-state index in [0.29, 0.717) is 0 Å². The zero-order valence-corrected chi connectivity index (χ0v) is 33.3. The first kappa shape index (κ1) is 36.0. The molecule has 282 valence electrons. The first-order valence-corrected chi connectivity index (χ1v) is 20.4. The molecule has 0 spiro atoms. The molecule has 10 rings (SSSR count). The first-order valence-electron chi connectivity index (χ1n) is 20.4. The summed E-state index contributed by atoms with van der Waals surface area (Å²) in [7, 11) is 0. The van der Waals surface area contributed by atoms with E-state index in [1.54, 1.807) is 0 Å². The van der Waals surface area contributed by atoms with Gasteiger partial charge in [0.1, 0.15) is 0 Å². The Labute approximate surface area is 346 Å². The van der Waals surface area contributed by atoms with E-state index in [2.05, 4.69) is 254 Å². The van der Waals surface area contributed by atoms with E-state index in [-0.39, 0.29) is 5.41 Å². The summed E-state index contributed by atoms with van der Waals surface area (Å²) in [4.78, 5) is 2.42. The van der Waals surface area contributed by atoms with Crippen molar-refractivity contribution >= 4 is 38.9 Å². The molecule has 0 aliphatic heterocycles. The molecule has 1 aromatic heterocycles. The average Bonchev–Trinajstić information content (AvgIpc) is 3.66. The minimum absolute atomic E-state index is 0.101. The Kier molecular flexibility index (Phi) is 9.24. The molecule has 0 aliphatic carbocycles. The number of rotatable bonds is 9. The van der Waals surface area contributed by atoms with Crippen LogP contribution in [-0.4, -0.2) is 4.57 Å². The lowest BCUT2D eigenvalue weighted by molar-refractivity contribution is 0.641. The summed E-state index contributed by atoms with van der Waals surface area (Å²) in [6, 6.07) is 83.6. The predicted molar refractivity (Wildman–Crippen MR) is 250 cm³/mol. The van der Waals surface area contributed by atoms with Gasteiger partial charge >= 0.3 is 0 Å². The fourth-order valence-electron chi connectivity index (χ4n) is 8.67. The van der Waals surface area contributed by atoms with E-state index in [1.807, 2.05) is 0 Å². The van der Waals surface area contributed by atoms with Crippen molar-refractivity contribution in [3.05, 3.63) is 242 Å². The second-order valence-corrected chi connectivity index (χ2v) is 15.8. The Bertz CT molecular complexity index is 2930. The Hall–Kier alpha value is -7.42. The zero-order valence-electron chi connectivity index (χ0n) is 33.3. The quantitative estimate of drug-likeness (QED) is 0.142. The third-order valence-corrected chi connectivity index (χ3v) is 11.9. The molecule has 0 saturated heterocycles. The molecule has 59 heavy (non-hydrogen) atoms. The van der Waals surface area contributed by atoms with Crippen molar-refractivity contribution in [1.82, 2.24) is 4.57 Å². The highest BCUT2D eigenvalue weighted by molar-refractivity contribution is 6.14. The van der Waals surface area contributed by atoms with Gasteiger partial charge in [-0.2, -0.15) is 0 Å².